The number of carbonyl (C=O) groups is 1. The number of urea groups is 1. The molecule has 186 valence electrons. The summed E-state index contributed by atoms with van der Waals surface area (Å²) < 4.78 is 17.0. The van der Waals surface area contributed by atoms with E-state index in [1.54, 1.807) is 18.6 Å². The molecule has 1 aliphatic heterocycles. The molecule has 2 aromatic carbocycles. The number of nitrogens with zero attached hydrogens (tertiary/aromatic N) is 2. The second kappa shape index (κ2) is 8.17. The fourth-order valence-electron chi connectivity index (χ4n) is 8.26. The standard InChI is InChI=1S/C29H31FN4O2/c30-22-8-4-7-21-24-15-31-16-34(24)23(26(21)22)11-25(35)29-12-17-9-18(13-29)27(19(10-17)14-29)33-28(36)32-20-5-2-1-3-6-20/h1-8,15-19,23,25,27,35H,9-14H2,(H2,32,33,36). The molecule has 0 radical (unpaired) electrons. The van der Waals surface area contributed by atoms with Gasteiger partial charge in [0.25, 0.3) is 0 Å². The van der Waals surface area contributed by atoms with Crippen molar-refractivity contribution in [1.29, 1.82) is 0 Å². The molecule has 4 aliphatic carbocycles. The lowest BCUT2D eigenvalue weighted by molar-refractivity contribution is -0.135. The molecule has 4 unspecified atom stereocenters. The first-order valence-corrected chi connectivity index (χ1v) is 13.1. The van der Waals surface area contributed by atoms with E-state index in [4.69, 9.17) is 0 Å². The molecule has 2 heterocycles. The quantitative estimate of drug-likeness (QED) is 0.454. The molecule has 4 bridgehead atoms. The smallest absolute Gasteiger partial charge is 0.319 e. The Kier molecular flexibility index (Phi) is 5.00. The Balaban J connectivity index is 1.10. The number of para-hydroxylation sites is 1. The Hall–Kier alpha value is -3.19. The second-order valence-corrected chi connectivity index (χ2v) is 11.5. The molecule has 0 saturated heterocycles. The van der Waals surface area contributed by atoms with E-state index in [1.165, 1.54) is 6.07 Å². The van der Waals surface area contributed by atoms with Crippen LogP contribution in [0.5, 0.6) is 0 Å². The molecule has 0 spiro atoms. The number of aliphatic hydroxyl groups excluding tert-OH is 1. The number of rotatable bonds is 5. The van der Waals surface area contributed by atoms with Crippen LogP contribution >= 0.6 is 0 Å². The van der Waals surface area contributed by atoms with Gasteiger partial charge in [-0.25, -0.2) is 14.2 Å². The number of fused-ring (bicyclic) bond motifs is 3. The molecule has 3 N–H and O–H groups in total. The molecule has 4 saturated carbocycles. The van der Waals surface area contributed by atoms with Gasteiger partial charge in [0.05, 0.1) is 30.4 Å². The number of anilines is 1. The predicted molar refractivity (Wildman–Crippen MR) is 135 cm³/mol. The maximum Gasteiger partial charge on any atom is 0.319 e. The van der Waals surface area contributed by atoms with Gasteiger partial charge in [0, 0.05) is 22.9 Å². The van der Waals surface area contributed by atoms with Crippen LogP contribution in [-0.2, 0) is 0 Å². The molecule has 1 aromatic heterocycles. The summed E-state index contributed by atoms with van der Waals surface area (Å²) in [5.74, 6) is 1.10. The summed E-state index contributed by atoms with van der Waals surface area (Å²) in [4.78, 5) is 17.1. The van der Waals surface area contributed by atoms with E-state index in [1.807, 2.05) is 41.0 Å². The number of aliphatic hydroxyl groups is 1. The van der Waals surface area contributed by atoms with Crippen LogP contribution in [0.4, 0.5) is 14.9 Å². The Morgan fingerprint density at radius 3 is 2.67 bits per heavy atom. The number of hydrogen-bond donors (Lipinski definition) is 3. The van der Waals surface area contributed by atoms with Crippen LogP contribution in [0.3, 0.4) is 0 Å². The first-order valence-electron chi connectivity index (χ1n) is 13.1. The molecule has 4 fully saturated rings. The summed E-state index contributed by atoms with van der Waals surface area (Å²) in [6.07, 6.45) is 8.55. The summed E-state index contributed by atoms with van der Waals surface area (Å²) in [6, 6.07) is 14.5. The average Bonchev–Trinajstić information content (AvgIpc) is 3.45. The Morgan fingerprint density at radius 1 is 1.11 bits per heavy atom. The minimum absolute atomic E-state index is 0.135. The van der Waals surface area contributed by atoms with Gasteiger partial charge in [-0.2, -0.15) is 0 Å². The summed E-state index contributed by atoms with van der Waals surface area (Å²) in [5, 5.41) is 18.0. The van der Waals surface area contributed by atoms with E-state index in [0.717, 1.165) is 49.0 Å². The zero-order valence-corrected chi connectivity index (χ0v) is 20.1. The highest BCUT2D eigenvalue weighted by Crippen LogP contribution is 2.62. The van der Waals surface area contributed by atoms with Crippen molar-refractivity contribution in [2.45, 2.75) is 56.7 Å². The topological polar surface area (TPSA) is 79.2 Å². The van der Waals surface area contributed by atoms with Gasteiger partial charge in [-0.15, -0.1) is 0 Å². The number of hydrogen-bond acceptors (Lipinski definition) is 3. The van der Waals surface area contributed by atoms with Gasteiger partial charge in [0.1, 0.15) is 5.82 Å². The van der Waals surface area contributed by atoms with E-state index in [0.29, 0.717) is 29.7 Å². The van der Waals surface area contributed by atoms with Crippen molar-refractivity contribution < 1.29 is 14.3 Å². The molecular formula is C29H31FN4O2. The fourth-order valence-corrected chi connectivity index (χ4v) is 8.26. The first-order chi connectivity index (χ1) is 17.5. The maximum absolute atomic E-state index is 15.0. The highest BCUT2D eigenvalue weighted by Gasteiger charge is 2.58. The number of carbonyl (C=O) groups excluding carboxylic acids is 1. The molecule has 36 heavy (non-hydrogen) atoms. The minimum atomic E-state index is -0.532. The third kappa shape index (κ3) is 3.39. The van der Waals surface area contributed by atoms with Gasteiger partial charge < -0.3 is 20.3 Å². The third-order valence-corrected chi connectivity index (χ3v) is 9.47. The van der Waals surface area contributed by atoms with Crippen LogP contribution in [0, 0.1) is 29.0 Å². The summed E-state index contributed by atoms with van der Waals surface area (Å²) in [5.41, 5.74) is 3.09. The molecule has 5 aliphatic rings. The molecule has 7 heteroatoms. The SMILES string of the molecule is O=C(Nc1ccccc1)NC1C2CC3CC1CC(C(O)CC1c4c(F)cccc4-c4cncn41)(C3)C2. The fraction of sp³-hybridized carbons (Fsp3) is 0.448. The van der Waals surface area contributed by atoms with Gasteiger partial charge in [-0.1, -0.05) is 30.3 Å². The van der Waals surface area contributed by atoms with Crippen molar-refractivity contribution in [3.8, 4) is 11.3 Å². The van der Waals surface area contributed by atoms with Gasteiger partial charge >= 0.3 is 6.03 Å². The van der Waals surface area contributed by atoms with Crippen molar-refractivity contribution in [3.05, 3.63) is 72.4 Å². The van der Waals surface area contributed by atoms with Gasteiger partial charge in [0.2, 0.25) is 0 Å². The minimum Gasteiger partial charge on any atom is -0.392 e. The maximum atomic E-state index is 15.0. The third-order valence-electron chi connectivity index (χ3n) is 9.47. The Morgan fingerprint density at radius 2 is 1.89 bits per heavy atom. The van der Waals surface area contributed by atoms with E-state index in [2.05, 4.69) is 15.6 Å². The van der Waals surface area contributed by atoms with Crippen LogP contribution in [0.1, 0.15) is 50.1 Å². The van der Waals surface area contributed by atoms with E-state index < -0.39 is 6.10 Å². The summed E-state index contributed by atoms with van der Waals surface area (Å²) >= 11 is 0. The van der Waals surface area contributed by atoms with Crippen LogP contribution in [0.25, 0.3) is 11.3 Å². The van der Waals surface area contributed by atoms with Gasteiger partial charge in [-0.3, -0.25) is 0 Å². The van der Waals surface area contributed by atoms with Crippen molar-refractivity contribution in [1.82, 2.24) is 14.9 Å². The molecule has 4 atom stereocenters. The lowest BCUT2D eigenvalue weighted by Gasteiger charge is -2.61. The van der Waals surface area contributed by atoms with Crippen molar-refractivity contribution >= 4 is 11.7 Å². The summed E-state index contributed by atoms with van der Waals surface area (Å²) in [7, 11) is 0. The predicted octanol–water partition coefficient (Wildman–Crippen LogP) is 5.36. The molecular weight excluding hydrogens is 455 g/mol. The molecule has 6 nitrogen and oxygen atoms in total. The van der Waals surface area contributed by atoms with E-state index in [9.17, 15) is 14.3 Å². The van der Waals surface area contributed by atoms with Crippen molar-refractivity contribution in [3.63, 3.8) is 0 Å². The van der Waals surface area contributed by atoms with E-state index >= 15 is 0 Å². The zero-order valence-electron chi connectivity index (χ0n) is 20.1. The molecule has 3 aromatic rings. The Bertz CT molecular complexity index is 1290. The van der Waals surface area contributed by atoms with Crippen LogP contribution in [-0.4, -0.2) is 32.8 Å². The highest BCUT2D eigenvalue weighted by molar-refractivity contribution is 5.89. The number of nitrogens with one attached hydrogen (secondary N) is 2. The Labute approximate surface area is 209 Å². The number of halogens is 1. The van der Waals surface area contributed by atoms with E-state index in [-0.39, 0.29) is 29.3 Å². The van der Waals surface area contributed by atoms with Crippen LogP contribution < -0.4 is 10.6 Å². The number of imidazole rings is 1. The molecule has 2 amide bonds. The average molecular weight is 487 g/mol. The number of amides is 2. The molecule has 8 rings (SSSR count). The second-order valence-electron chi connectivity index (χ2n) is 11.5. The van der Waals surface area contributed by atoms with Crippen molar-refractivity contribution in [2.24, 2.45) is 23.2 Å². The van der Waals surface area contributed by atoms with Crippen LogP contribution in [0.15, 0.2) is 61.1 Å². The van der Waals surface area contributed by atoms with Crippen LogP contribution in [0.2, 0.25) is 0 Å². The largest absolute Gasteiger partial charge is 0.392 e. The zero-order chi connectivity index (χ0) is 24.4. The first kappa shape index (κ1) is 22.0. The monoisotopic (exact) mass is 486 g/mol. The lowest BCUT2D eigenvalue weighted by atomic mass is 9.46. The van der Waals surface area contributed by atoms with Gasteiger partial charge in [0.15, 0.2) is 0 Å². The normalized spacial score (nSPS) is 32.1. The number of aromatic nitrogens is 2. The summed E-state index contributed by atoms with van der Waals surface area (Å²) in [6.45, 7) is 0. The highest BCUT2D eigenvalue weighted by atomic mass is 19.1. The number of benzene rings is 2. The van der Waals surface area contributed by atoms with Crippen molar-refractivity contribution in [2.75, 3.05) is 5.32 Å². The lowest BCUT2D eigenvalue weighted by Crippen LogP contribution is -2.62. The van der Waals surface area contributed by atoms with Gasteiger partial charge in [-0.05, 0) is 79.9 Å².